The minimum absolute atomic E-state index is 0.00273. The minimum Gasteiger partial charge on any atom is -0.340 e. The lowest BCUT2D eigenvalue weighted by molar-refractivity contribution is -0.133. The van der Waals surface area contributed by atoms with Crippen molar-refractivity contribution in [2.24, 2.45) is 11.7 Å². The second kappa shape index (κ2) is 6.24. The van der Waals surface area contributed by atoms with Gasteiger partial charge in [-0.3, -0.25) is 4.79 Å². The first-order valence-corrected chi connectivity index (χ1v) is 6.57. The normalized spacial score (nSPS) is 24.3. The predicted octanol–water partition coefficient (Wildman–Crippen LogP) is 2.15. The quantitative estimate of drug-likeness (QED) is 0.801. The number of hydrogen-bond acceptors (Lipinski definition) is 2. The number of carbonyl (C=O) groups is 1. The Bertz CT molecular complexity index is 228. The molecular weight excluding hydrogens is 200 g/mol. The maximum atomic E-state index is 12.1. The number of hydrogen-bond donors (Lipinski definition) is 1. The summed E-state index contributed by atoms with van der Waals surface area (Å²) in [4.78, 5) is 14.2. The van der Waals surface area contributed by atoms with Crippen molar-refractivity contribution in [3.8, 4) is 0 Å². The molecule has 0 aromatic rings. The van der Waals surface area contributed by atoms with Crippen molar-refractivity contribution < 1.29 is 4.79 Å². The fourth-order valence-corrected chi connectivity index (χ4v) is 2.20. The molecule has 0 aromatic carbocycles. The highest BCUT2D eigenvalue weighted by Gasteiger charge is 2.23. The van der Waals surface area contributed by atoms with Gasteiger partial charge in [0.05, 0.1) is 0 Å². The van der Waals surface area contributed by atoms with Crippen LogP contribution in [0.5, 0.6) is 0 Å². The molecule has 0 radical (unpaired) electrons. The first-order valence-electron chi connectivity index (χ1n) is 6.57. The van der Waals surface area contributed by atoms with Crippen molar-refractivity contribution >= 4 is 5.91 Å². The molecule has 0 aromatic heterocycles. The Morgan fingerprint density at radius 2 is 2.06 bits per heavy atom. The molecule has 2 unspecified atom stereocenters. The van der Waals surface area contributed by atoms with Gasteiger partial charge in [-0.25, -0.2) is 0 Å². The summed E-state index contributed by atoms with van der Waals surface area (Å²) in [6, 6.07) is 0.400. The number of likely N-dealkylation sites (tertiary alicyclic amines) is 1. The van der Waals surface area contributed by atoms with Crippen LogP contribution in [0.4, 0.5) is 0 Å². The van der Waals surface area contributed by atoms with Gasteiger partial charge in [0.1, 0.15) is 0 Å². The standard InChI is InChI=1S/C13H26N2O/c1-10(2)12(14)9-13(16)15-8-6-4-5-7-11(15)3/h10-12H,4-9,14H2,1-3H3. The smallest absolute Gasteiger partial charge is 0.224 e. The monoisotopic (exact) mass is 226 g/mol. The van der Waals surface area contributed by atoms with E-state index in [0.717, 1.165) is 19.4 Å². The topological polar surface area (TPSA) is 46.3 Å². The Labute approximate surface area is 99.4 Å². The number of amides is 1. The van der Waals surface area contributed by atoms with Gasteiger partial charge in [0.2, 0.25) is 5.91 Å². The van der Waals surface area contributed by atoms with Gasteiger partial charge in [0.15, 0.2) is 0 Å². The molecule has 1 amide bonds. The number of carbonyl (C=O) groups excluding carboxylic acids is 1. The van der Waals surface area contributed by atoms with E-state index >= 15 is 0 Å². The van der Waals surface area contributed by atoms with Crippen molar-refractivity contribution in [3.05, 3.63) is 0 Å². The summed E-state index contributed by atoms with van der Waals surface area (Å²) in [5.41, 5.74) is 5.96. The maximum Gasteiger partial charge on any atom is 0.224 e. The second-order valence-corrected chi connectivity index (χ2v) is 5.40. The van der Waals surface area contributed by atoms with Gasteiger partial charge in [0.25, 0.3) is 0 Å². The van der Waals surface area contributed by atoms with Crippen LogP contribution in [0.3, 0.4) is 0 Å². The van der Waals surface area contributed by atoms with Crippen LogP contribution in [-0.2, 0) is 4.79 Å². The Morgan fingerprint density at radius 1 is 1.38 bits per heavy atom. The molecule has 0 saturated carbocycles. The average molecular weight is 226 g/mol. The van der Waals surface area contributed by atoms with Crippen LogP contribution in [0.25, 0.3) is 0 Å². The maximum absolute atomic E-state index is 12.1. The highest BCUT2D eigenvalue weighted by atomic mass is 16.2. The van der Waals surface area contributed by atoms with E-state index in [2.05, 4.69) is 20.8 Å². The van der Waals surface area contributed by atoms with Crippen LogP contribution in [0.15, 0.2) is 0 Å². The van der Waals surface area contributed by atoms with Crippen LogP contribution in [-0.4, -0.2) is 29.4 Å². The van der Waals surface area contributed by atoms with Crippen molar-refractivity contribution in [2.45, 2.75) is 65.0 Å². The van der Waals surface area contributed by atoms with Crippen LogP contribution >= 0.6 is 0 Å². The highest BCUT2D eigenvalue weighted by Crippen LogP contribution is 2.18. The summed E-state index contributed by atoms with van der Waals surface area (Å²) in [5, 5.41) is 0. The molecule has 3 nitrogen and oxygen atoms in total. The van der Waals surface area contributed by atoms with Gasteiger partial charge < -0.3 is 10.6 Å². The summed E-state index contributed by atoms with van der Waals surface area (Å²) in [6.07, 6.45) is 5.29. The first kappa shape index (κ1) is 13.5. The molecule has 0 bridgehead atoms. The third kappa shape index (κ3) is 3.78. The van der Waals surface area contributed by atoms with Crippen LogP contribution in [0.1, 0.15) is 52.9 Å². The summed E-state index contributed by atoms with van der Waals surface area (Å²) >= 11 is 0. The fourth-order valence-electron chi connectivity index (χ4n) is 2.20. The molecule has 1 aliphatic heterocycles. The van der Waals surface area contributed by atoms with Crippen molar-refractivity contribution in [2.75, 3.05) is 6.54 Å². The molecule has 2 N–H and O–H groups in total. The lowest BCUT2D eigenvalue weighted by Gasteiger charge is -2.29. The molecule has 1 saturated heterocycles. The molecule has 1 rings (SSSR count). The molecule has 1 fully saturated rings. The lowest BCUT2D eigenvalue weighted by atomic mass is 10.0. The van der Waals surface area contributed by atoms with Crippen LogP contribution < -0.4 is 5.73 Å². The minimum atomic E-state index is 0.00273. The zero-order valence-electron chi connectivity index (χ0n) is 10.9. The Balaban J connectivity index is 2.50. The van der Waals surface area contributed by atoms with Gasteiger partial charge >= 0.3 is 0 Å². The molecule has 94 valence electrons. The van der Waals surface area contributed by atoms with Gasteiger partial charge in [-0.05, 0) is 25.7 Å². The molecule has 2 atom stereocenters. The van der Waals surface area contributed by atoms with E-state index in [0.29, 0.717) is 18.4 Å². The molecule has 3 heteroatoms. The summed E-state index contributed by atoms with van der Waals surface area (Å²) < 4.78 is 0. The Hall–Kier alpha value is -0.570. The summed E-state index contributed by atoms with van der Waals surface area (Å²) in [6.45, 7) is 7.22. The van der Waals surface area contributed by atoms with Crippen molar-refractivity contribution in [1.82, 2.24) is 4.90 Å². The molecular formula is C13H26N2O. The number of nitrogens with zero attached hydrogens (tertiary/aromatic N) is 1. The molecule has 0 spiro atoms. The van der Waals surface area contributed by atoms with Crippen molar-refractivity contribution in [1.29, 1.82) is 0 Å². The van der Waals surface area contributed by atoms with Gasteiger partial charge in [0, 0.05) is 25.0 Å². The largest absolute Gasteiger partial charge is 0.340 e. The van der Waals surface area contributed by atoms with E-state index in [9.17, 15) is 4.79 Å². The van der Waals surface area contributed by atoms with Crippen molar-refractivity contribution in [3.63, 3.8) is 0 Å². The van der Waals surface area contributed by atoms with Gasteiger partial charge in [-0.15, -0.1) is 0 Å². The fraction of sp³-hybridized carbons (Fsp3) is 0.923. The van der Waals surface area contributed by atoms with Crippen LogP contribution in [0.2, 0.25) is 0 Å². The first-order chi connectivity index (χ1) is 7.52. The number of rotatable bonds is 3. The highest BCUT2D eigenvalue weighted by molar-refractivity contribution is 5.77. The zero-order valence-corrected chi connectivity index (χ0v) is 10.9. The molecule has 16 heavy (non-hydrogen) atoms. The average Bonchev–Trinajstić information content (AvgIpc) is 2.42. The summed E-state index contributed by atoms with van der Waals surface area (Å²) in [5.74, 6) is 0.627. The predicted molar refractivity (Wildman–Crippen MR) is 67.1 cm³/mol. The third-order valence-corrected chi connectivity index (χ3v) is 3.64. The summed E-state index contributed by atoms with van der Waals surface area (Å²) in [7, 11) is 0. The molecule has 0 aliphatic carbocycles. The van der Waals surface area contributed by atoms with Gasteiger partial charge in [-0.1, -0.05) is 26.7 Å². The Morgan fingerprint density at radius 3 is 2.69 bits per heavy atom. The third-order valence-electron chi connectivity index (χ3n) is 3.64. The van der Waals surface area contributed by atoms with Gasteiger partial charge in [-0.2, -0.15) is 0 Å². The number of nitrogens with two attached hydrogens (primary N) is 1. The SMILES string of the molecule is CC(C)C(N)CC(=O)N1CCCCCC1C. The van der Waals surface area contributed by atoms with E-state index in [1.165, 1.54) is 12.8 Å². The van der Waals surface area contributed by atoms with E-state index in [4.69, 9.17) is 5.73 Å². The molecule has 1 aliphatic rings. The van der Waals surface area contributed by atoms with E-state index in [1.54, 1.807) is 0 Å². The van der Waals surface area contributed by atoms with E-state index < -0.39 is 0 Å². The molecule has 1 heterocycles. The lowest BCUT2D eigenvalue weighted by Crippen LogP contribution is -2.42. The Kier molecular flexibility index (Phi) is 5.26. The van der Waals surface area contributed by atoms with Crippen LogP contribution in [0, 0.1) is 5.92 Å². The zero-order chi connectivity index (χ0) is 12.1. The van der Waals surface area contributed by atoms with E-state index in [1.807, 2.05) is 4.90 Å². The van der Waals surface area contributed by atoms with E-state index in [-0.39, 0.29) is 11.9 Å². The second-order valence-electron chi connectivity index (χ2n) is 5.40.